The van der Waals surface area contributed by atoms with Crippen LogP contribution in [0.5, 0.6) is 0 Å². The van der Waals surface area contributed by atoms with Crippen LogP contribution in [0, 0.1) is 0 Å². The first-order valence-electron chi connectivity index (χ1n) is 7.53. The summed E-state index contributed by atoms with van der Waals surface area (Å²) in [5.41, 5.74) is 3.47. The molecule has 4 nitrogen and oxygen atoms in total. The lowest BCUT2D eigenvalue weighted by molar-refractivity contribution is -0.136. The second kappa shape index (κ2) is 7.51. The second-order valence-electron chi connectivity index (χ2n) is 5.16. The molecule has 2 aromatic heterocycles. The number of carboxylic acid groups (broad SMARTS) is 1. The zero-order chi connectivity index (χ0) is 16.9. The van der Waals surface area contributed by atoms with Gasteiger partial charge in [-0.2, -0.15) is 0 Å². The van der Waals surface area contributed by atoms with Crippen LogP contribution in [0.1, 0.15) is 28.8 Å². The molecule has 0 bridgehead atoms. The van der Waals surface area contributed by atoms with Crippen molar-refractivity contribution in [2.45, 2.75) is 19.8 Å². The first-order chi connectivity index (χ1) is 11.7. The van der Waals surface area contributed by atoms with E-state index in [4.69, 9.17) is 5.11 Å². The maximum absolute atomic E-state index is 10.9. The first-order valence-corrected chi connectivity index (χ1v) is 9.29. The highest BCUT2D eigenvalue weighted by molar-refractivity contribution is 7.14. The van der Waals surface area contributed by atoms with Crippen molar-refractivity contribution in [3.63, 3.8) is 0 Å². The lowest BCUT2D eigenvalue weighted by atomic mass is 10.0. The Morgan fingerprint density at radius 2 is 2.00 bits per heavy atom. The Morgan fingerprint density at radius 1 is 1.17 bits per heavy atom. The molecule has 0 unspecified atom stereocenters. The third kappa shape index (κ3) is 3.96. The van der Waals surface area contributed by atoms with Gasteiger partial charge in [-0.3, -0.25) is 4.79 Å². The van der Waals surface area contributed by atoms with E-state index in [0.29, 0.717) is 0 Å². The summed E-state index contributed by atoms with van der Waals surface area (Å²) in [4.78, 5) is 20.1. The Labute approximate surface area is 148 Å². The summed E-state index contributed by atoms with van der Waals surface area (Å²) >= 11 is 3.22. The van der Waals surface area contributed by atoms with Crippen molar-refractivity contribution in [2.24, 2.45) is 0 Å². The van der Waals surface area contributed by atoms with Crippen molar-refractivity contribution >= 4 is 40.8 Å². The van der Waals surface area contributed by atoms with E-state index >= 15 is 0 Å². The van der Waals surface area contributed by atoms with E-state index in [0.717, 1.165) is 39.0 Å². The number of thiazole rings is 2. The molecule has 3 aromatic rings. The fraction of sp³-hybridized carbons (Fsp3) is 0.167. The molecule has 3 rings (SSSR count). The standard InChI is InChI=1S/C18H16N2O2S2/c1-2-16-20-15(11-23-16)18-19-14(10-24-18)8-7-12-5-3-4-6-13(12)9-17(21)22/h3-8,10-11H,2,9H2,1H3,(H,21,22)/b8-7+. The van der Waals surface area contributed by atoms with Gasteiger partial charge in [0, 0.05) is 10.8 Å². The Kier molecular flexibility index (Phi) is 5.17. The molecule has 0 fully saturated rings. The minimum Gasteiger partial charge on any atom is -0.481 e. The molecule has 24 heavy (non-hydrogen) atoms. The number of carboxylic acids is 1. The van der Waals surface area contributed by atoms with Crippen LogP contribution in [0.25, 0.3) is 22.9 Å². The topological polar surface area (TPSA) is 63.1 Å². The highest BCUT2D eigenvalue weighted by Gasteiger charge is 2.08. The molecule has 1 N–H and O–H groups in total. The molecule has 0 amide bonds. The largest absolute Gasteiger partial charge is 0.481 e. The molecule has 0 aliphatic rings. The predicted molar refractivity (Wildman–Crippen MR) is 99.3 cm³/mol. The van der Waals surface area contributed by atoms with Gasteiger partial charge < -0.3 is 5.11 Å². The summed E-state index contributed by atoms with van der Waals surface area (Å²) in [6, 6.07) is 7.50. The van der Waals surface area contributed by atoms with Crippen molar-refractivity contribution in [2.75, 3.05) is 0 Å². The molecule has 0 spiro atoms. The minimum atomic E-state index is -0.831. The van der Waals surface area contributed by atoms with Gasteiger partial charge in [-0.1, -0.05) is 37.3 Å². The van der Waals surface area contributed by atoms with Crippen molar-refractivity contribution in [1.82, 2.24) is 9.97 Å². The normalized spacial score (nSPS) is 11.2. The predicted octanol–water partition coefficient (Wildman–Crippen LogP) is 4.63. The van der Waals surface area contributed by atoms with Gasteiger partial charge in [0.25, 0.3) is 0 Å². The van der Waals surface area contributed by atoms with Crippen molar-refractivity contribution < 1.29 is 9.90 Å². The van der Waals surface area contributed by atoms with Crippen LogP contribution < -0.4 is 0 Å². The van der Waals surface area contributed by atoms with E-state index in [2.05, 4.69) is 16.9 Å². The van der Waals surface area contributed by atoms with Crippen LogP contribution in [-0.2, 0) is 17.6 Å². The molecule has 0 saturated heterocycles. The number of carbonyl (C=O) groups is 1. The Hall–Kier alpha value is -2.31. The van der Waals surface area contributed by atoms with Gasteiger partial charge in [0.2, 0.25) is 0 Å². The zero-order valence-electron chi connectivity index (χ0n) is 13.1. The van der Waals surface area contributed by atoms with Crippen LogP contribution in [-0.4, -0.2) is 21.0 Å². The zero-order valence-corrected chi connectivity index (χ0v) is 14.7. The lowest BCUT2D eigenvalue weighted by Crippen LogP contribution is -2.01. The lowest BCUT2D eigenvalue weighted by Gasteiger charge is -2.02. The quantitative estimate of drug-likeness (QED) is 0.699. The van der Waals surface area contributed by atoms with Crippen LogP contribution >= 0.6 is 22.7 Å². The van der Waals surface area contributed by atoms with E-state index in [9.17, 15) is 4.79 Å². The van der Waals surface area contributed by atoms with Gasteiger partial charge in [0.15, 0.2) is 0 Å². The summed E-state index contributed by atoms with van der Waals surface area (Å²) in [6.07, 6.45) is 4.77. The number of hydrogen-bond acceptors (Lipinski definition) is 5. The maximum Gasteiger partial charge on any atom is 0.307 e. The number of rotatable bonds is 6. The summed E-state index contributed by atoms with van der Waals surface area (Å²) in [5.74, 6) is -0.831. The van der Waals surface area contributed by atoms with E-state index in [1.807, 2.05) is 47.2 Å². The third-order valence-electron chi connectivity index (χ3n) is 3.43. The molecular weight excluding hydrogens is 340 g/mol. The van der Waals surface area contributed by atoms with Gasteiger partial charge in [-0.15, -0.1) is 22.7 Å². The van der Waals surface area contributed by atoms with E-state index < -0.39 is 5.97 Å². The first kappa shape index (κ1) is 16.5. The van der Waals surface area contributed by atoms with Gasteiger partial charge >= 0.3 is 5.97 Å². The summed E-state index contributed by atoms with van der Waals surface area (Å²) in [5, 5.41) is 15.0. The average molecular weight is 356 g/mol. The molecule has 0 radical (unpaired) electrons. The number of aliphatic carboxylic acids is 1. The molecule has 0 saturated carbocycles. The van der Waals surface area contributed by atoms with Crippen LogP contribution in [0.2, 0.25) is 0 Å². The summed E-state index contributed by atoms with van der Waals surface area (Å²) in [7, 11) is 0. The molecular formula is C18H16N2O2S2. The van der Waals surface area contributed by atoms with Crippen LogP contribution in [0.3, 0.4) is 0 Å². The number of aryl methyl sites for hydroxylation is 1. The second-order valence-corrected chi connectivity index (χ2v) is 6.96. The van der Waals surface area contributed by atoms with Crippen molar-refractivity contribution in [3.8, 4) is 10.7 Å². The summed E-state index contributed by atoms with van der Waals surface area (Å²) < 4.78 is 0. The van der Waals surface area contributed by atoms with Gasteiger partial charge in [-0.25, -0.2) is 9.97 Å². The Balaban J connectivity index is 1.79. The van der Waals surface area contributed by atoms with E-state index in [1.54, 1.807) is 22.7 Å². The fourth-order valence-electron chi connectivity index (χ4n) is 2.25. The van der Waals surface area contributed by atoms with Gasteiger partial charge in [0.1, 0.15) is 10.7 Å². The molecule has 0 atom stereocenters. The van der Waals surface area contributed by atoms with Crippen LogP contribution in [0.4, 0.5) is 0 Å². The number of hydrogen-bond donors (Lipinski definition) is 1. The maximum atomic E-state index is 10.9. The SMILES string of the molecule is CCc1nc(-c2nc(/C=C/c3ccccc3CC(=O)O)cs2)cs1. The van der Waals surface area contributed by atoms with Crippen LogP contribution in [0.15, 0.2) is 35.0 Å². The van der Waals surface area contributed by atoms with Gasteiger partial charge in [0.05, 0.1) is 17.1 Å². The summed E-state index contributed by atoms with van der Waals surface area (Å²) in [6.45, 7) is 2.09. The van der Waals surface area contributed by atoms with E-state index in [-0.39, 0.29) is 6.42 Å². The third-order valence-corrected chi connectivity index (χ3v) is 5.30. The molecule has 0 aliphatic carbocycles. The smallest absolute Gasteiger partial charge is 0.307 e. The monoisotopic (exact) mass is 356 g/mol. The van der Waals surface area contributed by atoms with Crippen molar-refractivity contribution in [1.29, 1.82) is 0 Å². The molecule has 2 heterocycles. The fourth-order valence-corrected chi connectivity index (χ4v) is 3.80. The van der Waals surface area contributed by atoms with Gasteiger partial charge in [-0.05, 0) is 23.6 Å². The number of aromatic nitrogens is 2. The highest BCUT2D eigenvalue weighted by Crippen LogP contribution is 2.26. The van der Waals surface area contributed by atoms with Crippen molar-refractivity contribution in [3.05, 3.63) is 56.9 Å². The average Bonchev–Trinajstić information content (AvgIpc) is 3.22. The molecule has 0 aliphatic heterocycles. The Morgan fingerprint density at radius 3 is 2.75 bits per heavy atom. The molecule has 1 aromatic carbocycles. The number of benzene rings is 1. The Bertz CT molecular complexity index is 881. The minimum absolute atomic E-state index is 0.0153. The van der Waals surface area contributed by atoms with E-state index in [1.165, 1.54) is 0 Å². The number of nitrogens with zero attached hydrogens (tertiary/aromatic N) is 2. The highest BCUT2D eigenvalue weighted by atomic mass is 32.1. The molecule has 122 valence electrons. The molecule has 6 heteroatoms.